The Morgan fingerprint density at radius 3 is 2.65 bits per heavy atom. The van der Waals surface area contributed by atoms with Crippen LogP contribution in [0, 0.1) is 12.8 Å². The average molecular weight is 333 g/mol. The van der Waals surface area contributed by atoms with Crippen LogP contribution in [-0.2, 0) is 13.0 Å². The first kappa shape index (κ1) is 17.8. The minimum absolute atomic E-state index is 0.313. The molecule has 0 aromatic carbocycles. The number of hydrogen-bond acceptors (Lipinski definition) is 2. The number of primary amides is 1. The van der Waals surface area contributed by atoms with Crippen molar-refractivity contribution in [1.29, 1.82) is 0 Å². The molecule has 2 aromatic heterocycles. The van der Waals surface area contributed by atoms with Crippen molar-refractivity contribution in [2.45, 2.75) is 59.9 Å². The van der Waals surface area contributed by atoms with Crippen LogP contribution in [0.15, 0.2) is 17.5 Å². The minimum Gasteiger partial charge on any atom is -0.366 e. The first-order chi connectivity index (χ1) is 11.0. The highest BCUT2D eigenvalue weighted by atomic mass is 32.1. The Balaban J connectivity index is 2.60. The summed E-state index contributed by atoms with van der Waals surface area (Å²) in [5.74, 6) is 0.324. The zero-order chi connectivity index (χ0) is 17.0. The number of carbonyl (C=O) groups excluding carboxylic acids is 1. The van der Waals surface area contributed by atoms with Gasteiger partial charge >= 0.3 is 0 Å². The van der Waals surface area contributed by atoms with Crippen molar-refractivity contribution in [2.75, 3.05) is 0 Å². The normalized spacial score (nSPS) is 11.3. The van der Waals surface area contributed by atoms with Crippen LogP contribution in [0.4, 0.5) is 0 Å². The van der Waals surface area contributed by atoms with Gasteiger partial charge in [-0.1, -0.05) is 33.3 Å². The first-order valence-corrected chi connectivity index (χ1v) is 9.40. The number of hydrogen-bond donors (Lipinski definition) is 1. The first-order valence-electron chi connectivity index (χ1n) is 8.53. The molecule has 0 aliphatic heterocycles. The molecule has 4 heteroatoms. The van der Waals surface area contributed by atoms with E-state index in [9.17, 15) is 4.79 Å². The van der Waals surface area contributed by atoms with E-state index < -0.39 is 0 Å². The Morgan fingerprint density at radius 2 is 2.13 bits per heavy atom. The summed E-state index contributed by atoms with van der Waals surface area (Å²) in [7, 11) is 0. The molecule has 0 bridgehead atoms. The molecule has 0 aliphatic carbocycles. The summed E-state index contributed by atoms with van der Waals surface area (Å²) in [6.45, 7) is 9.66. The van der Waals surface area contributed by atoms with Gasteiger partial charge in [-0.25, -0.2) is 0 Å². The van der Waals surface area contributed by atoms with Crippen molar-refractivity contribution in [2.24, 2.45) is 11.7 Å². The van der Waals surface area contributed by atoms with Crippen molar-refractivity contribution in [3.8, 4) is 10.4 Å². The van der Waals surface area contributed by atoms with Crippen LogP contribution in [0.3, 0.4) is 0 Å². The Labute approximate surface area is 143 Å². The standard InChI is InChI=1S/C19H28N2OS/c1-5-6-8-15-18(16-9-7-12-23-16)17(19(20)22)14(4)21(15)11-10-13(2)3/h7,9,12-13H,5-6,8,10-11H2,1-4H3,(H2,20,22). The fourth-order valence-corrected chi connectivity index (χ4v) is 3.88. The lowest BCUT2D eigenvalue weighted by Gasteiger charge is -2.14. The van der Waals surface area contributed by atoms with Crippen LogP contribution in [0.1, 0.15) is 61.8 Å². The van der Waals surface area contributed by atoms with E-state index in [4.69, 9.17) is 5.73 Å². The van der Waals surface area contributed by atoms with Gasteiger partial charge in [0, 0.05) is 28.4 Å². The molecule has 0 spiro atoms. The molecule has 126 valence electrons. The number of nitrogens with two attached hydrogens (primary N) is 1. The number of amides is 1. The highest BCUT2D eigenvalue weighted by molar-refractivity contribution is 7.13. The molecule has 0 saturated heterocycles. The fraction of sp³-hybridized carbons (Fsp3) is 0.526. The van der Waals surface area contributed by atoms with E-state index in [-0.39, 0.29) is 5.91 Å². The second kappa shape index (κ2) is 7.82. The fourth-order valence-electron chi connectivity index (χ4n) is 3.08. The topological polar surface area (TPSA) is 48.0 Å². The molecule has 0 aliphatic rings. The summed E-state index contributed by atoms with van der Waals surface area (Å²) < 4.78 is 2.34. The largest absolute Gasteiger partial charge is 0.366 e. The second-order valence-corrected chi connectivity index (χ2v) is 7.51. The number of unbranched alkanes of at least 4 members (excludes halogenated alkanes) is 1. The van der Waals surface area contributed by atoms with Gasteiger partial charge in [-0.2, -0.15) is 0 Å². The van der Waals surface area contributed by atoms with Crippen LogP contribution in [0.2, 0.25) is 0 Å². The van der Waals surface area contributed by atoms with Gasteiger partial charge in [0.15, 0.2) is 0 Å². The van der Waals surface area contributed by atoms with E-state index in [2.05, 4.69) is 36.8 Å². The summed E-state index contributed by atoms with van der Waals surface area (Å²) in [4.78, 5) is 13.3. The predicted molar refractivity (Wildman–Crippen MR) is 99.1 cm³/mol. The van der Waals surface area contributed by atoms with Gasteiger partial charge in [-0.3, -0.25) is 4.79 Å². The quantitative estimate of drug-likeness (QED) is 0.725. The molecule has 2 aromatic rings. The molecule has 0 atom stereocenters. The lowest BCUT2D eigenvalue weighted by Crippen LogP contribution is -2.13. The summed E-state index contributed by atoms with van der Waals surface area (Å²) in [6, 6.07) is 4.13. The van der Waals surface area contributed by atoms with Gasteiger partial charge in [-0.05, 0) is 43.6 Å². The summed E-state index contributed by atoms with van der Waals surface area (Å²) in [5.41, 5.74) is 9.82. The van der Waals surface area contributed by atoms with E-state index in [1.165, 1.54) is 5.69 Å². The van der Waals surface area contributed by atoms with E-state index in [1.54, 1.807) is 11.3 Å². The summed E-state index contributed by atoms with van der Waals surface area (Å²) in [6.07, 6.45) is 4.37. The third-order valence-electron chi connectivity index (χ3n) is 4.34. The van der Waals surface area contributed by atoms with Crippen molar-refractivity contribution in [3.05, 3.63) is 34.5 Å². The van der Waals surface area contributed by atoms with E-state index in [0.29, 0.717) is 11.5 Å². The monoisotopic (exact) mass is 332 g/mol. The minimum atomic E-state index is -0.313. The van der Waals surface area contributed by atoms with Crippen molar-refractivity contribution in [1.82, 2.24) is 4.57 Å². The van der Waals surface area contributed by atoms with Crippen LogP contribution >= 0.6 is 11.3 Å². The molecule has 2 rings (SSSR count). The van der Waals surface area contributed by atoms with Gasteiger partial charge < -0.3 is 10.3 Å². The number of rotatable bonds is 8. The molecule has 23 heavy (non-hydrogen) atoms. The molecule has 2 N–H and O–H groups in total. The maximum absolute atomic E-state index is 12.1. The highest BCUT2D eigenvalue weighted by Gasteiger charge is 2.24. The van der Waals surface area contributed by atoms with Crippen LogP contribution in [0.5, 0.6) is 0 Å². The number of aromatic nitrogens is 1. The summed E-state index contributed by atoms with van der Waals surface area (Å²) >= 11 is 1.68. The predicted octanol–water partition coefficient (Wildman–Crippen LogP) is 5.01. The van der Waals surface area contributed by atoms with E-state index >= 15 is 0 Å². The molecular formula is C19H28N2OS. The molecule has 1 amide bonds. The molecule has 0 unspecified atom stereocenters. The van der Waals surface area contributed by atoms with Crippen molar-refractivity contribution in [3.63, 3.8) is 0 Å². The van der Waals surface area contributed by atoms with Gasteiger partial charge in [0.05, 0.1) is 5.56 Å². The third-order valence-corrected chi connectivity index (χ3v) is 5.23. The van der Waals surface area contributed by atoms with E-state index in [0.717, 1.165) is 48.4 Å². The lowest BCUT2D eigenvalue weighted by molar-refractivity contribution is 0.1000. The van der Waals surface area contributed by atoms with Crippen LogP contribution in [0.25, 0.3) is 10.4 Å². The van der Waals surface area contributed by atoms with Gasteiger partial charge in [0.1, 0.15) is 0 Å². The Kier molecular flexibility index (Phi) is 6.05. The number of thiophene rings is 1. The average Bonchev–Trinajstić information content (AvgIpc) is 3.09. The molecule has 0 radical (unpaired) electrons. The van der Waals surface area contributed by atoms with Crippen LogP contribution in [-0.4, -0.2) is 10.5 Å². The third kappa shape index (κ3) is 3.86. The van der Waals surface area contributed by atoms with E-state index in [1.807, 2.05) is 13.0 Å². The SMILES string of the molecule is CCCCc1c(-c2cccs2)c(C(N)=O)c(C)n1CCC(C)C. The molecule has 0 fully saturated rings. The molecule has 0 saturated carbocycles. The molecule has 3 nitrogen and oxygen atoms in total. The number of nitrogens with zero attached hydrogens (tertiary/aromatic N) is 1. The van der Waals surface area contributed by atoms with Crippen molar-refractivity contribution >= 4 is 17.2 Å². The Morgan fingerprint density at radius 1 is 1.39 bits per heavy atom. The maximum atomic E-state index is 12.1. The van der Waals surface area contributed by atoms with Gasteiger partial charge in [0.25, 0.3) is 5.91 Å². The maximum Gasteiger partial charge on any atom is 0.251 e. The number of carbonyl (C=O) groups is 1. The lowest BCUT2D eigenvalue weighted by atomic mass is 10.0. The van der Waals surface area contributed by atoms with Crippen LogP contribution < -0.4 is 5.73 Å². The van der Waals surface area contributed by atoms with Crippen molar-refractivity contribution < 1.29 is 4.79 Å². The zero-order valence-electron chi connectivity index (χ0n) is 14.7. The molecule has 2 heterocycles. The zero-order valence-corrected chi connectivity index (χ0v) is 15.5. The Bertz CT molecular complexity index is 653. The highest BCUT2D eigenvalue weighted by Crippen LogP contribution is 2.36. The summed E-state index contributed by atoms with van der Waals surface area (Å²) in [5, 5.41) is 2.06. The Hall–Kier alpha value is -1.55. The molecular weight excluding hydrogens is 304 g/mol. The smallest absolute Gasteiger partial charge is 0.251 e. The van der Waals surface area contributed by atoms with Gasteiger partial charge in [-0.15, -0.1) is 11.3 Å². The van der Waals surface area contributed by atoms with Gasteiger partial charge in [0.2, 0.25) is 0 Å². The second-order valence-electron chi connectivity index (χ2n) is 6.56.